The Kier molecular flexibility index (Phi) is 2.76. The van der Waals surface area contributed by atoms with Crippen LogP contribution in [-0.4, -0.2) is 33.8 Å². The van der Waals surface area contributed by atoms with Gasteiger partial charge in [-0.05, 0) is 0 Å². The van der Waals surface area contributed by atoms with Gasteiger partial charge in [0.2, 0.25) is 5.82 Å². The van der Waals surface area contributed by atoms with Crippen LogP contribution in [-0.2, 0) is 24.8 Å². The summed E-state index contributed by atoms with van der Waals surface area (Å²) in [5.41, 5.74) is 2.10. The Morgan fingerprint density at radius 1 is 1.60 bits per heavy atom. The molecule has 1 unspecified atom stereocenters. The molecular formula is C9H14N3O2P. The Labute approximate surface area is 90.7 Å². The van der Waals surface area contributed by atoms with E-state index in [0.717, 1.165) is 30.9 Å². The Hall–Kier alpha value is -0.930. The first kappa shape index (κ1) is 10.6. The summed E-state index contributed by atoms with van der Waals surface area (Å²) in [6.45, 7) is 1.74. The zero-order chi connectivity index (χ0) is 11.0. The van der Waals surface area contributed by atoms with Crippen LogP contribution < -0.4 is 0 Å². The maximum atomic E-state index is 11.4. The Bertz CT molecular complexity index is 402. The summed E-state index contributed by atoms with van der Waals surface area (Å²) in [6, 6.07) is 0. The number of carbonyl (C=O) groups excluding carboxylic acids is 1. The molecular weight excluding hydrogens is 213 g/mol. The number of hydrogen-bond acceptors (Lipinski definition) is 4. The van der Waals surface area contributed by atoms with E-state index in [9.17, 15) is 4.79 Å². The van der Waals surface area contributed by atoms with Crippen molar-refractivity contribution in [2.45, 2.75) is 13.0 Å². The van der Waals surface area contributed by atoms with Gasteiger partial charge < -0.3 is 9.30 Å². The van der Waals surface area contributed by atoms with Gasteiger partial charge in [0.05, 0.1) is 12.8 Å². The van der Waals surface area contributed by atoms with Gasteiger partial charge in [-0.3, -0.25) is 4.67 Å². The molecule has 0 saturated heterocycles. The molecule has 0 bridgehead atoms. The van der Waals surface area contributed by atoms with Gasteiger partial charge in [-0.15, -0.1) is 0 Å². The lowest BCUT2D eigenvalue weighted by Crippen LogP contribution is -2.22. The highest BCUT2D eigenvalue weighted by atomic mass is 31.0. The molecule has 0 spiro atoms. The molecule has 0 radical (unpaired) electrons. The number of rotatable bonds is 1. The molecule has 0 fully saturated rings. The summed E-state index contributed by atoms with van der Waals surface area (Å²) in [5, 5.41) is 0. The van der Waals surface area contributed by atoms with Crippen molar-refractivity contribution in [2.24, 2.45) is 7.05 Å². The van der Waals surface area contributed by atoms with Gasteiger partial charge in [0.15, 0.2) is 0 Å². The molecule has 1 aliphatic rings. The van der Waals surface area contributed by atoms with E-state index in [1.807, 2.05) is 11.6 Å². The van der Waals surface area contributed by atoms with E-state index in [1.165, 1.54) is 7.11 Å². The molecule has 0 aromatic carbocycles. The summed E-state index contributed by atoms with van der Waals surface area (Å²) in [4.78, 5) is 15.7. The smallest absolute Gasteiger partial charge is 0.374 e. The van der Waals surface area contributed by atoms with Gasteiger partial charge in [0.25, 0.3) is 0 Å². The maximum absolute atomic E-state index is 11.4. The van der Waals surface area contributed by atoms with Crippen LogP contribution in [0, 0.1) is 0 Å². The van der Waals surface area contributed by atoms with Crippen molar-refractivity contribution in [3.05, 3.63) is 17.2 Å². The third-order valence-corrected chi connectivity index (χ3v) is 3.09. The number of imidazole rings is 1. The third kappa shape index (κ3) is 1.77. The van der Waals surface area contributed by atoms with Crippen LogP contribution in [0.1, 0.15) is 22.0 Å². The van der Waals surface area contributed by atoms with Crippen LogP contribution in [0.15, 0.2) is 0 Å². The van der Waals surface area contributed by atoms with Crippen molar-refractivity contribution in [1.29, 1.82) is 0 Å². The predicted molar refractivity (Wildman–Crippen MR) is 58.4 cm³/mol. The molecule has 2 rings (SSSR count). The highest BCUT2D eigenvalue weighted by Gasteiger charge is 2.23. The third-order valence-electron chi connectivity index (χ3n) is 2.65. The van der Waals surface area contributed by atoms with Crippen molar-refractivity contribution in [3.8, 4) is 0 Å². The lowest BCUT2D eigenvalue weighted by Gasteiger charge is -2.21. The lowest BCUT2D eigenvalue weighted by molar-refractivity contribution is 0.0582. The Morgan fingerprint density at radius 2 is 2.33 bits per heavy atom. The van der Waals surface area contributed by atoms with Crippen LogP contribution >= 0.6 is 9.39 Å². The molecule has 0 amide bonds. The predicted octanol–water partition coefficient (Wildman–Crippen LogP) is 0.355. The standard InChI is InChI=1S/C9H14N3O2P/c1-11-7-3-4-12(15)5-6(7)10-8(11)9(13)14-2/h3-5,15H2,1-2H3. The van der Waals surface area contributed by atoms with Crippen molar-refractivity contribution in [2.75, 3.05) is 13.7 Å². The van der Waals surface area contributed by atoms with Crippen LogP contribution in [0.5, 0.6) is 0 Å². The van der Waals surface area contributed by atoms with Gasteiger partial charge >= 0.3 is 5.97 Å². The van der Waals surface area contributed by atoms with E-state index in [-0.39, 0.29) is 5.97 Å². The Balaban J connectivity index is 2.40. The molecule has 1 aromatic rings. The molecule has 15 heavy (non-hydrogen) atoms. The van der Waals surface area contributed by atoms with Crippen LogP contribution in [0.25, 0.3) is 0 Å². The Morgan fingerprint density at radius 3 is 3.00 bits per heavy atom. The van der Waals surface area contributed by atoms with Crippen LogP contribution in [0.3, 0.4) is 0 Å². The fourth-order valence-electron chi connectivity index (χ4n) is 1.82. The average molecular weight is 227 g/mol. The summed E-state index contributed by atoms with van der Waals surface area (Å²) < 4.78 is 8.62. The number of nitrogens with zero attached hydrogens (tertiary/aromatic N) is 3. The van der Waals surface area contributed by atoms with Crippen LogP contribution in [0.4, 0.5) is 0 Å². The van der Waals surface area contributed by atoms with E-state index in [1.54, 1.807) is 0 Å². The normalized spacial score (nSPS) is 16.2. The number of fused-ring (bicyclic) bond motifs is 1. The largest absolute Gasteiger partial charge is 0.463 e. The van der Waals surface area contributed by atoms with E-state index < -0.39 is 0 Å². The molecule has 6 heteroatoms. The van der Waals surface area contributed by atoms with E-state index >= 15 is 0 Å². The molecule has 5 nitrogen and oxygen atoms in total. The van der Waals surface area contributed by atoms with Crippen LogP contribution in [0.2, 0.25) is 0 Å². The SMILES string of the molecule is COC(=O)c1nc2c(n1C)CCN(P)C2. The fraction of sp³-hybridized carbons (Fsp3) is 0.556. The molecule has 1 aliphatic heterocycles. The first-order valence-corrected chi connectivity index (χ1v) is 5.27. The number of methoxy groups -OCH3 is 1. The summed E-state index contributed by atoms with van der Waals surface area (Å²) in [6.07, 6.45) is 0.916. The number of esters is 1. The topological polar surface area (TPSA) is 47.4 Å². The summed E-state index contributed by atoms with van der Waals surface area (Å²) >= 11 is 0. The van der Waals surface area contributed by atoms with Crippen molar-refractivity contribution in [1.82, 2.24) is 14.2 Å². The van der Waals surface area contributed by atoms with Crippen molar-refractivity contribution < 1.29 is 9.53 Å². The molecule has 0 saturated carbocycles. The molecule has 2 heterocycles. The van der Waals surface area contributed by atoms with Gasteiger partial charge in [0.1, 0.15) is 0 Å². The minimum Gasteiger partial charge on any atom is -0.463 e. The molecule has 1 atom stereocenters. The monoisotopic (exact) mass is 227 g/mol. The highest BCUT2D eigenvalue weighted by Crippen LogP contribution is 2.21. The summed E-state index contributed by atoms with van der Waals surface area (Å²) in [5.74, 6) is 0.0185. The molecule has 0 N–H and O–H groups in total. The first-order valence-electron chi connectivity index (χ1n) is 4.76. The number of ether oxygens (including phenoxy) is 1. The lowest BCUT2D eigenvalue weighted by atomic mass is 10.2. The van der Waals surface area contributed by atoms with E-state index in [4.69, 9.17) is 0 Å². The molecule has 1 aromatic heterocycles. The van der Waals surface area contributed by atoms with Gasteiger partial charge in [-0.1, -0.05) is 9.39 Å². The second kappa shape index (κ2) is 3.91. The van der Waals surface area contributed by atoms with Gasteiger partial charge in [-0.25, -0.2) is 9.78 Å². The first-order chi connectivity index (χ1) is 7.13. The second-order valence-corrected chi connectivity index (χ2v) is 4.33. The average Bonchev–Trinajstić information content (AvgIpc) is 2.54. The number of aromatic nitrogens is 2. The second-order valence-electron chi connectivity index (χ2n) is 3.60. The van der Waals surface area contributed by atoms with E-state index in [0.29, 0.717) is 5.82 Å². The molecule has 82 valence electrons. The zero-order valence-electron chi connectivity index (χ0n) is 8.86. The van der Waals surface area contributed by atoms with Crippen molar-refractivity contribution >= 4 is 15.4 Å². The maximum Gasteiger partial charge on any atom is 0.374 e. The van der Waals surface area contributed by atoms with Gasteiger partial charge in [0, 0.05) is 32.3 Å². The minimum absolute atomic E-state index is 0.373. The molecule has 0 aliphatic carbocycles. The van der Waals surface area contributed by atoms with Crippen molar-refractivity contribution in [3.63, 3.8) is 0 Å². The zero-order valence-corrected chi connectivity index (χ0v) is 10.0. The fourth-order valence-corrected chi connectivity index (χ4v) is 2.12. The highest BCUT2D eigenvalue weighted by molar-refractivity contribution is 7.13. The number of carbonyl (C=O) groups is 1. The summed E-state index contributed by atoms with van der Waals surface area (Å²) in [7, 11) is 5.89. The minimum atomic E-state index is -0.373. The quantitative estimate of drug-likeness (QED) is 0.513. The van der Waals surface area contributed by atoms with E-state index in [2.05, 4.69) is 23.8 Å². The van der Waals surface area contributed by atoms with Gasteiger partial charge in [-0.2, -0.15) is 0 Å². The number of hydrogen-bond donors (Lipinski definition) is 0.